The molecule has 0 bridgehead atoms. The van der Waals surface area contributed by atoms with E-state index in [2.05, 4.69) is 65.9 Å². The maximum atomic E-state index is 4.95. The molecule has 0 saturated carbocycles. The smallest absolute Gasteiger partial charge is 0.175 e. The van der Waals surface area contributed by atoms with Crippen molar-refractivity contribution < 1.29 is 0 Å². The van der Waals surface area contributed by atoms with E-state index in [4.69, 9.17) is 9.97 Å². The van der Waals surface area contributed by atoms with Crippen LogP contribution in [0.4, 0.5) is 0 Å². The molecular weight excluding hydrogens is 338 g/mol. The number of imidazole rings is 1. The largest absolute Gasteiger partial charge is 0.271 e. The summed E-state index contributed by atoms with van der Waals surface area (Å²) < 4.78 is 2.19. The summed E-state index contributed by atoms with van der Waals surface area (Å²) >= 11 is 1.76. The third-order valence-electron chi connectivity index (χ3n) is 4.56. The number of thioether (sulfide) groups is 1. The molecule has 26 heavy (non-hydrogen) atoms. The topological polar surface area (TPSA) is 30.2 Å². The summed E-state index contributed by atoms with van der Waals surface area (Å²) in [4.78, 5) is 9.83. The summed E-state index contributed by atoms with van der Waals surface area (Å²) in [7, 11) is 0. The van der Waals surface area contributed by atoms with E-state index < -0.39 is 0 Å². The van der Waals surface area contributed by atoms with E-state index in [1.54, 1.807) is 11.8 Å². The van der Waals surface area contributed by atoms with Crippen molar-refractivity contribution in [2.45, 2.75) is 17.8 Å². The van der Waals surface area contributed by atoms with Gasteiger partial charge in [-0.15, -0.1) is 0 Å². The maximum absolute atomic E-state index is 4.95. The first-order valence-electron chi connectivity index (χ1n) is 8.64. The monoisotopic (exact) mass is 355 g/mol. The fourth-order valence-electron chi connectivity index (χ4n) is 3.36. The highest BCUT2D eigenvalue weighted by atomic mass is 32.2. The van der Waals surface area contributed by atoms with Crippen LogP contribution in [-0.2, 0) is 5.75 Å². The molecule has 5 rings (SSSR count). The number of para-hydroxylation sites is 3. The lowest BCUT2D eigenvalue weighted by molar-refractivity contribution is 0.952. The van der Waals surface area contributed by atoms with Crippen molar-refractivity contribution in [3.8, 4) is 0 Å². The molecule has 0 atom stereocenters. The van der Waals surface area contributed by atoms with E-state index >= 15 is 0 Å². The zero-order chi connectivity index (χ0) is 17.5. The minimum atomic E-state index is 0.884. The molecule has 0 spiro atoms. The van der Waals surface area contributed by atoms with Crippen LogP contribution in [0.25, 0.3) is 27.6 Å². The lowest BCUT2D eigenvalue weighted by Crippen LogP contribution is -1.97. The van der Waals surface area contributed by atoms with Crippen molar-refractivity contribution in [1.82, 2.24) is 14.4 Å². The van der Waals surface area contributed by atoms with E-state index in [0.29, 0.717) is 0 Å². The van der Waals surface area contributed by atoms with Gasteiger partial charge in [0.05, 0.1) is 16.6 Å². The third-order valence-corrected chi connectivity index (χ3v) is 5.57. The first-order valence-corrected chi connectivity index (χ1v) is 9.62. The third kappa shape index (κ3) is 2.54. The Bertz CT molecular complexity index is 1260. The molecule has 0 saturated heterocycles. The second-order valence-corrected chi connectivity index (χ2v) is 7.39. The molecule has 0 aliphatic carbocycles. The predicted octanol–water partition coefficient (Wildman–Crippen LogP) is 5.64. The molecule has 0 aliphatic heterocycles. The molecule has 3 aromatic carbocycles. The normalized spacial score (nSPS) is 11.6. The SMILES string of the molecule is Cc1cccc(CSc2nc3ccccc3c3nc4ccccc4n23)c1. The Morgan fingerprint density at radius 3 is 2.54 bits per heavy atom. The molecule has 5 aromatic rings. The van der Waals surface area contributed by atoms with Gasteiger partial charge in [0, 0.05) is 11.1 Å². The minimum Gasteiger partial charge on any atom is -0.271 e. The molecule has 4 heteroatoms. The molecule has 0 fully saturated rings. The van der Waals surface area contributed by atoms with E-state index in [9.17, 15) is 0 Å². The van der Waals surface area contributed by atoms with Crippen molar-refractivity contribution in [3.63, 3.8) is 0 Å². The van der Waals surface area contributed by atoms with Crippen LogP contribution in [0, 0.1) is 6.92 Å². The molecule has 0 unspecified atom stereocenters. The van der Waals surface area contributed by atoms with E-state index in [0.717, 1.165) is 38.5 Å². The van der Waals surface area contributed by atoms with Crippen LogP contribution in [0.15, 0.2) is 78.0 Å². The van der Waals surface area contributed by atoms with Crippen LogP contribution in [-0.4, -0.2) is 14.4 Å². The van der Waals surface area contributed by atoms with Gasteiger partial charge in [0.2, 0.25) is 0 Å². The summed E-state index contributed by atoms with van der Waals surface area (Å²) in [6, 6.07) is 25.1. The highest BCUT2D eigenvalue weighted by Gasteiger charge is 2.14. The average molecular weight is 355 g/mol. The van der Waals surface area contributed by atoms with Crippen LogP contribution in [0.2, 0.25) is 0 Å². The number of nitrogens with zero attached hydrogens (tertiary/aromatic N) is 3. The lowest BCUT2D eigenvalue weighted by atomic mass is 10.2. The van der Waals surface area contributed by atoms with Crippen LogP contribution >= 0.6 is 11.8 Å². The molecule has 0 amide bonds. The predicted molar refractivity (Wildman–Crippen MR) is 109 cm³/mol. The van der Waals surface area contributed by atoms with Gasteiger partial charge in [-0.2, -0.15) is 0 Å². The second kappa shape index (κ2) is 6.15. The zero-order valence-corrected chi connectivity index (χ0v) is 15.2. The number of hydrogen-bond donors (Lipinski definition) is 0. The summed E-state index contributed by atoms with van der Waals surface area (Å²) in [5, 5.41) is 2.07. The average Bonchev–Trinajstić information content (AvgIpc) is 3.06. The van der Waals surface area contributed by atoms with Crippen LogP contribution in [0.1, 0.15) is 11.1 Å². The quantitative estimate of drug-likeness (QED) is 0.310. The number of hydrogen-bond acceptors (Lipinski definition) is 3. The van der Waals surface area contributed by atoms with Crippen LogP contribution < -0.4 is 0 Å². The van der Waals surface area contributed by atoms with Crippen LogP contribution in [0.5, 0.6) is 0 Å². The van der Waals surface area contributed by atoms with Gasteiger partial charge in [-0.25, -0.2) is 9.97 Å². The van der Waals surface area contributed by atoms with Gasteiger partial charge >= 0.3 is 0 Å². The Morgan fingerprint density at radius 2 is 1.65 bits per heavy atom. The molecular formula is C22H17N3S. The molecule has 2 aromatic heterocycles. The summed E-state index contributed by atoms with van der Waals surface area (Å²) in [6.07, 6.45) is 0. The van der Waals surface area contributed by atoms with Crippen molar-refractivity contribution in [2.24, 2.45) is 0 Å². The second-order valence-electron chi connectivity index (χ2n) is 6.45. The van der Waals surface area contributed by atoms with Gasteiger partial charge in [-0.05, 0) is 36.8 Å². The van der Waals surface area contributed by atoms with Crippen molar-refractivity contribution in [3.05, 3.63) is 83.9 Å². The van der Waals surface area contributed by atoms with Crippen molar-refractivity contribution in [1.29, 1.82) is 0 Å². The molecule has 2 heterocycles. The fraction of sp³-hybridized carbons (Fsp3) is 0.0909. The van der Waals surface area contributed by atoms with E-state index in [1.165, 1.54) is 11.1 Å². The van der Waals surface area contributed by atoms with Gasteiger partial charge in [0.15, 0.2) is 5.16 Å². The standard InChI is InChI=1S/C22H17N3S/c1-15-7-6-8-16(13-15)14-26-22-24-18-10-3-2-9-17(18)21-23-19-11-4-5-12-20(19)25(21)22/h2-13H,14H2,1H3. The van der Waals surface area contributed by atoms with Gasteiger partial charge in [-0.1, -0.05) is 65.9 Å². The number of aromatic nitrogens is 3. The van der Waals surface area contributed by atoms with Crippen molar-refractivity contribution >= 4 is 39.3 Å². The Hall–Kier alpha value is -2.85. The molecule has 126 valence electrons. The summed E-state index contributed by atoms with van der Waals surface area (Å²) in [5.41, 5.74) is 6.66. The first-order chi connectivity index (χ1) is 12.8. The highest BCUT2D eigenvalue weighted by Crippen LogP contribution is 2.30. The Labute approximate surface area is 155 Å². The Balaban J connectivity index is 1.71. The first kappa shape index (κ1) is 15.4. The number of rotatable bonds is 3. The van der Waals surface area contributed by atoms with Gasteiger partial charge < -0.3 is 0 Å². The zero-order valence-electron chi connectivity index (χ0n) is 14.4. The number of aryl methyl sites for hydroxylation is 1. The Morgan fingerprint density at radius 1 is 0.846 bits per heavy atom. The number of benzene rings is 3. The highest BCUT2D eigenvalue weighted by molar-refractivity contribution is 7.98. The summed E-state index contributed by atoms with van der Waals surface area (Å²) in [5.74, 6) is 0.884. The molecule has 0 N–H and O–H groups in total. The Kier molecular flexibility index (Phi) is 3.64. The van der Waals surface area contributed by atoms with Gasteiger partial charge in [0.25, 0.3) is 0 Å². The fourth-order valence-corrected chi connectivity index (χ4v) is 4.31. The van der Waals surface area contributed by atoms with Crippen LogP contribution in [0.3, 0.4) is 0 Å². The van der Waals surface area contributed by atoms with Gasteiger partial charge in [0.1, 0.15) is 5.65 Å². The van der Waals surface area contributed by atoms with Gasteiger partial charge in [-0.3, -0.25) is 4.40 Å². The molecule has 0 radical (unpaired) electrons. The van der Waals surface area contributed by atoms with Crippen molar-refractivity contribution in [2.75, 3.05) is 0 Å². The summed E-state index contributed by atoms with van der Waals surface area (Å²) in [6.45, 7) is 2.13. The van der Waals surface area contributed by atoms with E-state index in [1.807, 2.05) is 18.2 Å². The van der Waals surface area contributed by atoms with E-state index in [-0.39, 0.29) is 0 Å². The molecule has 0 aliphatic rings. The lowest BCUT2D eigenvalue weighted by Gasteiger charge is -2.09. The molecule has 3 nitrogen and oxygen atoms in total. The minimum absolute atomic E-state index is 0.884. The number of fused-ring (bicyclic) bond motifs is 5. The maximum Gasteiger partial charge on any atom is 0.175 e.